The van der Waals surface area contributed by atoms with Crippen LogP contribution in [0.1, 0.15) is 34.3 Å². The summed E-state index contributed by atoms with van der Waals surface area (Å²) in [5, 5.41) is 4.11. The fraction of sp³-hybridized carbons (Fsp3) is 0.240. The average molecular weight is 414 g/mol. The van der Waals surface area contributed by atoms with Crippen molar-refractivity contribution in [3.8, 4) is 0 Å². The predicted octanol–water partition coefficient (Wildman–Crippen LogP) is 3.96. The Labute approximate surface area is 179 Å². The second kappa shape index (κ2) is 7.71. The summed E-state index contributed by atoms with van der Waals surface area (Å²) in [6, 6.07) is 13.0. The van der Waals surface area contributed by atoms with Crippen LogP contribution in [0.15, 0.2) is 73.2 Å². The molecule has 3 N–H and O–H groups in total. The summed E-state index contributed by atoms with van der Waals surface area (Å²) in [5.74, 6) is -2.76. The van der Waals surface area contributed by atoms with Crippen molar-refractivity contribution >= 4 is 22.4 Å². The predicted molar refractivity (Wildman–Crippen MR) is 119 cm³/mol. The normalized spacial score (nSPS) is 23.0. The Bertz CT molecular complexity index is 1220. The summed E-state index contributed by atoms with van der Waals surface area (Å²) in [7, 11) is 0. The minimum atomic E-state index is -1.77. The SMILES string of the molecule is NC(=O)c1ccccc1CC1C=CC=C(c2ccc3ncncc3c2)C1(F)NC1CC1. The Hall–Kier alpha value is -3.38. The van der Waals surface area contributed by atoms with Gasteiger partial charge in [-0.25, -0.2) is 14.4 Å². The van der Waals surface area contributed by atoms with E-state index in [1.165, 1.54) is 6.33 Å². The summed E-state index contributed by atoms with van der Waals surface area (Å²) in [6.45, 7) is 0. The highest BCUT2D eigenvalue weighted by atomic mass is 19.1. The smallest absolute Gasteiger partial charge is 0.248 e. The number of rotatable bonds is 6. The molecule has 0 saturated heterocycles. The molecule has 1 aromatic heterocycles. The summed E-state index contributed by atoms with van der Waals surface area (Å²) in [6.07, 6.45) is 11.1. The maximum absolute atomic E-state index is 16.9. The number of hydrogen-bond acceptors (Lipinski definition) is 4. The van der Waals surface area contributed by atoms with Gasteiger partial charge in [0.1, 0.15) is 6.33 Å². The number of amides is 1. The van der Waals surface area contributed by atoms with E-state index >= 15 is 4.39 Å². The first-order valence-corrected chi connectivity index (χ1v) is 10.5. The lowest BCUT2D eigenvalue weighted by Crippen LogP contribution is -2.50. The molecule has 0 radical (unpaired) electrons. The van der Waals surface area contributed by atoms with Crippen LogP contribution in [0.5, 0.6) is 0 Å². The van der Waals surface area contributed by atoms with Crippen molar-refractivity contribution in [1.82, 2.24) is 15.3 Å². The zero-order chi connectivity index (χ0) is 21.4. The Balaban J connectivity index is 1.55. The van der Waals surface area contributed by atoms with Gasteiger partial charge in [-0.05, 0) is 48.6 Å². The molecule has 0 aliphatic heterocycles. The van der Waals surface area contributed by atoms with E-state index in [-0.39, 0.29) is 6.04 Å². The Kier molecular flexibility index (Phi) is 4.87. The number of allylic oxidation sites excluding steroid dienone is 2. The molecule has 1 fully saturated rings. The molecular formula is C25H23FN4O. The quantitative estimate of drug-likeness (QED) is 0.599. The molecule has 2 aliphatic carbocycles. The van der Waals surface area contributed by atoms with E-state index < -0.39 is 17.6 Å². The van der Waals surface area contributed by atoms with Crippen LogP contribution in [0, 0.1) is 5.92 Å². The maximum Gasteiger partial charge on any atom is 0.248 e. The van der Waals surface area contributed by atoms with Crippen LogP contribution in [-0.4, -0.2) is 27.7 Å². The van der Waals surface area contributed by atoms with Gasteiger partial charge in [0.15, 0.2) is 5.79 Å². The van der Waals surface area contributed by atoms with Crippen LogP contribution in [0.25, 0.3) is 16.5 Å². The van der Waals surface area contributed by atoms with Crippen LogP contribution in [0.2, 0.25) is 0 Å². The van der Waals surface area contributed by atoms with Gasteiger partial charge < -0.3 is 5.73 Å². The largest absolute Gasteiger partial charge is 0.366 e. The van der Waals surface area contributed by atoms with E-state index in [1.54, 1.807) is 18.3 Å². The molecule has 1 heterocycles. The molecule has 156 valence electrons. The summed E-state index contributed by atoms with van der Waals surface area (Å²) in [4.78, 5) is 20.2. The summed E-state index contributed by atoms with van der Waals surface area (Å²) >= 11 is 0. The lowest BCUT2D eigenvalue weighted by Gasteiger charge is -2.38. The van der Waals surface area contributed by atoms with Crippen molar-refractivity contribution in [2.75, 3.05) is 0 Å². The van der Waals surface area contributed by atoms with Crippen LogP contribution in [0.3, 0.4) is 0 Å². The number of primary amides is 1. The molecule has 5 rings (SSSR count). The minimum absolute atomic E-state index is 0.151. The van der Waals surface area contributed by atoms with Crippen molar-refractivity contribution < 1.29 is 9.18 Å². The average Bonchev–Trinajstić information content (AvgIpc) is 3.59. The monoisotopic (exact) mass is 414 g/mol. The highest BCUT2D eigenvalue weighted by Gasteiger charge is 2.46. The van der Waals surface area contributed by atoms with Gasteiger partial charge in [0.05, 0.1) is 5.52 Å². The molecule has 2 unspecified atom stereocenters. The Morgan fingerprint density at radius 1 is 1.23 bits per heavy atom. The van der Waals surface area contributed by atoms with Gasteiger partial charge in [0.25, 0.3) is 0 Å². The molecule has 31 heavy (non-hydrogen) atoms. The van der Waals surface area contributed by atoms with Gasteiger partial charge in [-0.1, -0.05) is 42.5 Å². The second-order valence-electron chi connectivity index (χ2n) is 8.22. The van der Waals surface area contributed by atoms with E-state index in [4.69, 9.17) is 5.73 Å². The third kappa shape index (κ3) is 3.75. The Morgan fingerprint density at radius 2 is 2.06 bits per heavy atom. The number of fused-ring (bicyclic) bond motifs is 1. The molecular weight excluding hydrogens is 391 g/mol. The highest BCUT2D eigenvalue weighted by Crippen LogP contribution is 2.43. The third-order valence-electron chi connectivity index (χ3n) is 6.04. The Morgan fingerprint density at radius 3 is 2.87 bits per heavy atom. The van der Waals surface area contributed by atoms with Crippen molar-refractivity contribution in [3.63, 3.8) is 0 Å². The molecule has 1 saturated carbocycles. The van der Waals surface area contributed by atoms with Crippen molar-refractivity contribution in [2.24, 2.45) is 11.7 Å². The maximum atomic E-state index is 16.9. The van der Waals surface area contributed by atoms with E-state index in [9.17, 15) is 4.79 Å². The van der Waals surface area contributed by atoms with Crippen molar-refractivity contribution in [3.05, 3.63) is 89.9 Å². The lowest BCUT2D eigenvalue weighted by atomic mass is 9.78. The molecule has 2 aromatic carbocycles. The van der Waals surface area contributed by atoms with Crippen LogP contribution >= 0.6 is 0 Å². The number of nitrogens with zero attached hydrogens (tertiary/aromatic N) is 2. The van der Waals surface area contributed by atoms with Crippen LogP contribution in [0.4, 0.5) is 4.39 Å². The van der Waals surface area contributed by atoms with Gasteiger partial charge in [-0.3, -0.25) is 10.1 Å². The summed E-state index contributed by atoms with van der Waals surface area (Å²) < 4.78 is 16.9. The number of halogens is 1. The zero-order valence-electron chi connectivity index (χ0n) is 17.0. The van der Waals surface area contributed by atoms with E-state index in [2.05, 4.69) is 15.3 Å². The molecule has 6 heteroatoms. The number of carbonyl (C=O) groups is 1. The lowest BCUT2D eigenvalue weighted by molar-refractivity contribution is 0.0996. The number of aromatic nitrogens is 2. The van der Waals surface area contributed by atoms with Crippen molar-refractivity contribution in [2.45, 2.75) is 31.1 Å². The van der Waals surface area contributed by atoms with Crippen LogP contribution < -0.4 is 11.1 Å². The molecule has 1 amide bonds. The van der Waals surface area contributed by atoms with Gasteiger partial charge in [-0.2, -0.15) is 0 Å². The van der Waals surface area contributed by atoms with Gasteiger partial charge in [0, 0.05) is 34.7 Å². The molecule has 0 spiro atoms. The molecule has 3 aromatic rings. The van der Waals surface area contributed by atoms with Crippen molar-refractivity contribution in [1.29, 1.82) is 0 Å². The fourth-order valence-electron chi connectivity index (χ4n) is 4.29. The number of benzene rings is 2. The first-order valence-electron chi connectivity index (χ1n) is 10.5. The number of alkyl halides is 1. The molecule has 2 aliphatic rings. The summed E-state index contributed by atoms with van der Waals surface area (Å²) in [5.41, 5.74) is 8.92. The first kappa shape index (κ1) is 19.6. The molecule has 0 bridgehead atoms. The van der Waals surface area contributed by atoms with Gasteiger partial charge in [0.2, 0.25) is 5.91 Å². The number of nitrogens with two attached hydrogens (primary N) is 1. The topological polar surface area (TPSA) is 80.9 Å². The highest BCUT2D eigenvalue weighted by molar-refractivity contribution is 5.94. The van der Waals surface area contributed by atoms with E-state index in [0.717, 1.165) is 34.9 Å². The van der Waals surface area contributed by atoms with Gasteiger partial charge in [-0.15, -0.1) is 0 Å². The van der Waals surface area contributed by atoms with Crippen LogP contribution in [-0.2, 0) is 6.42 Å². The third-order valence-corrected chi connectivity index (χ3v) is 6.04. The number of carbonyl (C=O) groups excluding carboxylic acids is 1. The molecule has 2 atom stereocenters. The van der Waals surface area contributed by atoms with E-state index in [1.807, 2.05) is 48.6 Å². The first-order chi connectivity index (χ1) is 15.0. The van der Waals surface area contributed by atoms with Gasteiger partial charge >= 0.3 is 0 Å². The fourth-order valence-corrected chi connectivity index (χ4v) is 4.29. The minimum Gasteiger partial charge on any atom is -0.366 e. The zero-order valence-corrected chi connectivity index (χ0v) is 17.0. The van der Waals surface area contributed by atoms with E-state index in [0.29, 0.717) is 17.6 Å². The molecule has 5 nitrogen and oxygen atoms in total. The standard InChI is InChI=1S/C25H23FN4O/c26-25(30-20-9-10-20)19(13-16-4-1-2-6-21(16)24(27)31)5-3-7-22(25)17-8-11-23-18(12-17)14-28-15-29-23/h1-8,11-12,14-15,19-20,30H,9-10,13H2,(H2,27,31). The number of hydrogen-bond donors (Lipinski definition) is 2. The second-order valence-corrected chi connectivity index (χ2v) is 8.22. The number of nitrogens with one attached hydrogen (secondary N) is 1.